The van der Waals surface area contributed by atoms with Crippen LogP contribution in [0.3, 0.4) is 0 Å². The SMILES string of the molecule is CCCCCCOc1cc(C)cc(N)c1. The van der Waals surface area contributed by atoms with Gasteiger partial charge in [0.25, 0.3) is 0 Å². The number of hydrogen-bond donors (Lipinski definition) is 1. The Balaban J connectivity index is 2.31. The summed E-state index contributed by atoms with van der Waals surface area (Å²) in [5.41, 5.74) is 7.66. The van der Waals surface area contributed by atoms with Gasteiger partial charge in [0.05, 0.1) is 6.61 Å². The lowest BCUT2D eigenvalue weighted by Gasteiger charge is -2.07. The quantitative estimate of drug-likeness (QED) is 0.572. The molecule has 0 aliphatic carbocycles. The van der Waals surface area contributed by atoms with Crippen molar-refractivity contribution in [3.63, 3.8) is 0 Å². The van der Waals surface area contributed by atoms with E-state index < -0.39 is 0 Å². The summed E-state index contributed by atoms with van der Waals surface area (Å²) in [6.07, 6.45) is 4.93. The number of nitrogen functional groups attached to an aromatic ring is 1. The van der Waals surface area contributed by atoms with Gasteiger partial charge in [-0.2, -0.15) is 0 Å². The average molecular weight is 207 g/mol. The fraction of sp³-hybridized carbons (Fsp3) is 0.538. The molecule has 0 heterocycles. The molecule has 1 aromatic carbocycles. The predicted molar refractivity (Wildman–Crippen MR) is 65.2 cm³/mol. The third-order valence-electron chi connectivity index (χ3n) is 2.34. The van der Waals surface area contributed by atoms with Gasteiger partial charge < -0.3 is 10.5 Å². The standard InChI is InChI=1S/C13H21NO/c1-3-4-5-6-7-15-13-9-11(2)8-12(14)10-13/h8-10H,3-7,14H2,1-2H3. The van der Waals surface area contributed by atoms with Gasteiger partial charge in [0.15, 0.2) is 0 Å². The van der Waals surface area contributed by atoms with Crippen LogP contribution in [-0.4, -0.2) is 6.61 Å². The van der Waals surface area contributed by atoms with E-state index in [0.29, 0.717) is 0 Å². The lowest BCUT2D eigenvalue weighted by atomic mass is 10.2. The van der Waals surface area contributed by atoms with Gasteiger partial charge in [0.2, 0.25) is 0 Å². The van der Waals surface area contributed by atoms with E-state index in [-0.39, 0.29) is 0 Å². The molecule has 1 rings (SSSR count). The maximum Gasteiger partial charge on any atom is 0.121 e. The van der Waals surface area contributed by atoms with Crippen LogP contribution in [0, 0.1) is 6.92 Å². The number of nitrogens with two attached hydrogens (primary N) is 1. The summed E-state index contributed by atoms with van der Waals surface area (Å²) < 4.78 is 5.63. The van der Waals surface area contributed by atoms with Gasteiger partial charge in [-0.3, -0.25) is 0 Å². The van der Waals surface area contributed by atoms with Crippen LogP contribution in [0.4, 0.5) is 5.69 Å². The summed E-state index contributed by atoms with van der Waals surface area (Å²) in [7, 11) is 0. The zero-order valence-electron chi connectivity index (χ0n) is 9.75. The van der Waals surface area contributed by atoms with Crippen LogP contribution >= 0.6 is 0 Å². The number of rotatable bonds is 6. The first-order valence-electron chi connectivity index (χ1n) is 5.72. The van der Waals surface area contributed by atoms with Crippen molar-refractivity contribution >= 4 is 5.69 Å². The van der Waals surface area contributed by atoms with Crippen molar-refractivity contribution in [3.8, 4) is 5.75 Å². The van der Waals surface area contributed by atoms with E-state index >= 15 is 0 Å². The monoisotopic (exact) mass is 207 g/mol. The third-order valence-corrected chi connectivity index (χ3v) is 2.34. The second kappa shape index (κ2) is 6.33. The maximum absolute atomic E-state index is 5.73. The van der Waals surface area contributed by atoms with E-state index in [2.05, 4.69) is 6.92 Å². The van der Waals surface area contributed by atoms with Crippen LogP contribution in [0.15, 0.2) is 18.2 Å². The van der Waals surface area contributed by atoms with Crippen LogP contribution in [-0.2, 0) is 0 Å². The minimum Gasteiger partial charge on any atom is -0.494 e. The highest BCUT2D eigenvalue weighted by Crippen LogP contribution is 2.18. The molecule has 15 heavy (non-hydrogen) atoms. The summed E-state index contributed by atoms with van der Waals surface area (Å²) in [4.78, 5) is 0. The molecule has 0 unspecified atom stereocenters. The largest absolute Gasteiger partial charge is 0.494 e. The summed E-state index contributed by atoms with van der Waals surface area (Å²) in [5.74, 6) is 0.893. The lowest BCUT2D eigenvalue weighted by Crippen LogP contribution is -1.98. The smallest absolute Gasteiger partial charge is 0.121 e. The molecule has 1 aromatic rings. The van der Waals surface area contributed by atoms with E-state index in [4.69, 9.17) is 10.5 Å². The molecule has 0 saturated heterocycles. The van der Waals surface area contributed by atoms with Crippen LogP contribution in [0.25, 0.3) is 0 Å². The van der Waals surface area contributed by atoms with E-state index in [0.717, 1.165) is 30.0 Å². The molecule has 0 radical (unpaired) electrons. The van der Waals surface area contributed by atoms with Gasteiger partial charge in [0.1, 0.15) is 5.75 Å². The molecule has 0 fully saturated rings. The number of aryl methyl sites for hydroxylation is 1. The van der Waals surface area contributed by atoms with Gasteiger partial charge in [-0.05, 0) is 31.0 Å². The van der Waals surface area contributed by atoms with Crippen molar-refractivity contribution in [1.29, 1.82) is 0 Å². The van der Waals surface area contributed by atoms with Crippen LogP contribution in [0.2, 0.25) is 0 Å². The number of benzene rings is 1. The van der Waals surface area contributed by atoms with Crippen molar-refractivity contribution in [3.05, 3.63) is 23.8 Å². The molecule has 0 aliphatic heterocycles. The molecule has 0 atom stereocenters. The first-order chi connectivity index (χ1) is 7.22. The van der Waals surface area contributed by atoms with E-state index in [1.807, 2.05) is 25.1 Å². The number of hydrogen-bond acceptors (Lipinski definition) is 2. The predicted octanol–water partition coefficient (Wildman–Crippen LogP) is 3.54. The van der Waals surface area contributed by atoms with Crippen molar-refractivity contribution in [2.75, 3.05) is 12.3 Å². The van der Waals surface area contributed by atoms with Gasteiger partial charge in [-0.15, -0.1) is 0 Å². The number of ether oxygens (including phenoxy) is 1. The maximum atomic E-state index is 5.73. The second-order valence-electron chi connectivity index (χ2n) is 3.99. The van der Waals surface area contributed by atoms with Gasteiger partial charge in [0, 0.05) is 11.8 Å². The van der Waals surface area contributed by atoms with E-state index in [1.54, 1.807) is 0 Å². The van der Waals surface area contributed by atoms with E-state index in [9.17, 15) is 0 Å². The Kier molecular flexibility index (Phi) is 5.02. The Morgan fingerprint density at radius 1 is 1.13 bits per heavy atom. The average Bonchev–Trinajstić information content (AvgIpc) is 2.16. The zero-order chi connectivity index (χ0) is 11.1. The summed E-state index contributed by atoms with van der Waals surface area (Å²) in [6.45, 7) is 5.03. The zero-order valence-corrected chi connectivity index (χ0v) is 9.75. The molecule has 2 nitrogen and oxygen atoms in total. The second-order valence-corrected chi connectivity index (χ2v) is 3.99. The Morgan fingerprint density at radius 3 is 2.60 bits per heavy atom. The first kappa shape index (κ1) is 11.9. The molecule has 2 heteroatoms. The van der Waals surface area contributed by atoms with Crippen molar-refractivity contribution in [2.24, 2.45) is 0 Å². The molecular weight excluding hydrogens is 186 g/mol. The fourth-order valence-corrected chi connectivity index (χ4v) is 1.58. The Hall–Kier alpha value is -1.18. The topological polar surface area (TPSA) is 35.2 Å². The molecule has 0 amide bonds. The summed E-state index contributed by atoms with van der Waals surface area (Å²) in [6, 6.07) is 5.85. The van der Waals surface area contributed by atoms with E-state index in [1.165, 1.54) is 19.3 Å². The molecular formula is C13H21NO. The Labute approximate surface area is 92.4 Å². The molecule has 0 aliphatic rings. The van der Waals surface area contributed by atoms with Crippen molar-refractivity contribution < 1.29 is 4.74 Å². The Morgan fingerprint density at radius 2 is 1.93 bits per heavy atom. The summed E-state index contributed by atoms with van der Waals surface area (Å²) in [5, 5.41) is 0. The Bertz CT molecular complexity index is 276. The molecule has 2 N–H and O–H groups in total. The molecule has 84 valence electrons. The lowest BCUT2D eigenvalue weighted by molar-refractivity contribution is 0.305. The van der Waals surface area contributed by atoms with Crippen molar-refractivity contribution in [1.82, 2.24) is 0 Å². The molecule has 0 aromatic heterocycles. The van der Waals surface area contributed by atoms with Gasteiger partial charge in [-0.1, -0.05) is 26.2 Å². The minimum absolute atomic E-state index is 0.776. The van der Waals surface area contributed by atoms with Gasteiger partial charge in [-0.25, -0.2) is 0 Å². The highest BCUT2D eigenvalue weighted by molar-refractivity contribution is 5.47. The van der Waals surface area contributed by atoms with Crippen LogP contribution in [0.5, 0.6) is 5.75 Å². The highest BCUT2D eigenvalue weighted by Gasteiger charge is 1.96. The van der Waals surface area contributed by atoms with Gasteiger partial charge >= 0.3 is 0 Å². The number of anilines is 1. The van der Waals surface area contributed by atoms with Crippen molar-refractivity contribution in [2.45, 2.75) is 39.5 Å². The van der Waals surface area contributed by atoms with Crippen LogP contribution < -0.4 is 10.5 Å². The fourth-order valence-electron chi connectivity index (χ4n) is 1.58. The minimum atomic E-state index is 0.776. The summed E-state index contributed by atoms with van der Waals surface area (Å²) >= 11 is 0. The number of unbranched alkanes of at least 4 members (excludes halogenated alkanes) is 3. The van der Waals surface area contributed by atoms with Crippen LogP contribution in [0.1, 0.15) is 38.2 Å². The third kappa shape index (κ3) is 4.73. The highest BCUT2D eigenvalue weighted by atomic mass is 16.5. The molecule has 0 saturated carbocycles. The molecule has 0 bridgehead atoms. The molecule has 0 spiro atoms. The normalized spacial score (nSPS) is 10.3. The first-order valence-corrected chi connectivity index (χ1v) is 5.72.